The summed E-state index contributed by atoms with van der Waals surface area (Å²) < 4.78 is 50.7. The SMILES string of the molecule is O=c1cc(OCc2ccc(C(F)(F)F)nn2)ccn1-c1ccc2c3c(oc2c1)CCCNC3. The molecular weight excluding hydrogens is 437 g/mol. The van der Waals surface area contributed by atoms with E-state index in [1.807, 2.05) is 18.2 Å². The van der Waals surface area contributed by atoms with Crippen LogP contribution >= 0.6 is 0 Å². The molecule has 3 aromatic heterocycles. The molecule has 0 radical (unpaired) electrons. The van der Waals surface area contributed by atoms with Crippen molar-refractivity contribution in [3.8, 4) is 11.4 Å². The standard InChI is InChI=1S/C23H19F3N4O3/c24-23(25,26)21-6-3-14(28-29-21)13-32-16-7-9-30(22(31)11-16)15-4-5-17-18-12-27-8-1-2-19(18)33-20(17)10-15/h3-7,9-11,27H,1-2,8,12-13H2. The number of alkyl halides is 3. The third-order valence-electron chi connectivity index (χ3n) is 5.49. The summed E-state index contributed by atoms with van der Waals surface area (Å²) in [5.74, 6) is 1.25. The highest BCUT2D eigenvalue weighted by Crippen LogP contribution is 2.30. The van der Waals surface area contributed by atoms with Crippen molar-refractivity contribution < 1.29 is 22.3 Å². The van der Waals surface area contributed by atoms with Crippen LogP contribution in [0.2, 0.25) is 0 Å². The summed E-state index contributed by atoms with van der Waals surface area (Å²) in [6, 6.07) is 10.6. The molecule has 0 aliphatic carbocycles. The van der Waals surface area contributed by atoms with E-state index in [9.17, 15) is 18.0 Å². The van der Waals surface area contributed by atoms with Gasteiger partial charge in [-0.15, -0.1) is 5.10 Å². The third kappa shape index (κ3) is 4.34. The van der Waals surface area contributed by atoms with Gasteiger partial charge in [-0.25, -0.2) is 0 Å². The van der Waals surface area contributed by atoms with Crippen molar-refractivity contribution in [1.82, 2.24) is 20.1 Å². The summed E-state index contributed by atoms with van der Waals surface area (Å²) in [6.07, 6.45) is -1.09. The second-order valence-electron chi connectivity index (χ2n) is 7.73. The van der Waals surface area contributed by atoms with E-state index < -0.39 is 11.9 Å². The lowest BCUT2D eigenvalue weighted by Gasteiger charge is -2.09. The van der Waals surface area contributed by atoms with Crippen molar-refractivity contribution in [2.24, 2.45) is 0 Å². The first-order valence-electron chi connectivity index (χ1n) is 10.4. The van der Waals surface area contributed by atoms with Crippen LogP contribution in [0.1, 0.15) is 29.1 Å². The first-order valence-corrected chi connectivity index (χ1v) is 10.4. The van der Waals surface area contributed by atoms with E-state index >= 15 is 0 Å². The molecule has 10 heteroatoms. The number of rotatable bonds is 4. The van der Waals surface area contributed by atoms with Crippen molar-refractivity contribution in [2.75, 3.05) is 6.54 Å². The molecule has 0 bridgehead atoms. The van der Waals surface area contributed by atoms with Crippen LogP contribution in [0.3, 0.4) is 0 Å². The molecule has 7 nitrogen and oxygen atoms in total. The number of furan rings is 1. The number of hydrogen-bond donors (Lipinski definition) is 1. The fourth-order valence-corrected chi connectivity index (χ4v) is 3.83. The molecule has 1 aliphatic heterocycles. The van der Waals surface area contributed by atoms with Gasteiger partial charge in [0, 0.05) is 42.2 Å². The highest BCUT2D eigenvalue weighted by molar-refractivity contribution is 5.84. The highest BCUT2D eigenvalue weighted by atomic mass is 19.4. The number of aryl methyl sites for hydroxylation is 1. The Labute approximate surface area is 185 Å². The zero-order valence-corrected chi connectivity index (χ0v) is 17.4. The number of nitrogens with zero attached hydrogens (tertiary/aromatic N) is 3. The molecule has 1 aliphatic rings. The summed E-state index contributed by atoms with van der Waals surface area (Å²) in [5.41, 5.74) is 1.37. The molecule has 0 saturated carbocycles. The average Bonchev–Trinajstić information content (AvgIpc) is 2.97. The summed E-state index contributed by atoms with van der Waals surface area (Å²) in [5, 5.41) is 11.1. The second-order valence-corrected chi connectivity index (χ2v) is 7.73. The second kappa shape index (κ2) is 8.36. The monoisotopic (exact) mass is 456 g/mol. The maximum absolute atomic E-state index is 12.7. The highest BCUT2D eigenvalue weighted by Gasteiger charge is 2.32. The Morgan fingerprint density at radius 2 is 2.00 bits per heavy atom. The first-order chi connectivity index (χ1) is 15.9. The van der Waals surface area contributed by atoms with Crippen LogP contribution in [-0.4, -0.2) is 21.3 Å². The van der Waals surface area contributed by atoms with Gasteiger partial charge in [0.15, 0.2) is 5.69 Å². The van der Waals surface area contributed by atoms with Gasteiger partial charge in [0.2, 0.25) is 0 Å². The van der Waals surface area contributed by atoms with Crippen LogP contribution < -0.4 is 15.6 Å². The number of aromatic nitrogens is 3. The summed E-state index contributed by atoms with van der Waals surface area (Å²) in [4.78, 5) is 12.7. The van der Waals surface area contributed by atoms with Gasteiger partial charge in [-0.1, -0.05) is 0 Å². The van der Waals surface area contributed by atoms with E-state index in [1.54, 1.807) is 12.3 Å². The van der Waals surface area contributed by atoms with E-state index in [0.717, 1.165) is 54.3 Å². The van der Waals surface area contributed by atoms with Crippen LogP contribution in [0.4, 0.5) is 13.2 Å². The van der Waals surface area contributed by atoms with Crippen LogP contribution in [0, 0.1) is 0 Å². The maximum atomic E-state index is 12.7. The summed E-state index contributed by atoms with van der Waals surface area (Å²) in [6.45, 7) is 1.60. The van der Waals surface area contributed by atoms with E-state index in [-0.39, 0.29) is 23.6 Å². The Balaban J connectivity index is 1.33. The Morgan fingerprint density at radius 1 is 1.12 bits per heavy atom. The Kier molecular flexibility index (Phi) is 5.37. The minimum absolute atomic E-state index is 0.119. The lowest BCUT2D eigenvalue weighted by Crippen LogP contribution is -2.17. The van der Waals surface area contributed by atoms with E-state index in [4.69, 9.17) is 9.15 Å². The van der Waals surface area contributed by atoms with Gasteiger partial charge in [0.1, 0.15) is 29.4 Å². The van der Waals surface area contributed by atoms with Crippen LogP contribution in [-0.2, 0) is 25.7 Å². The molecule has 5 rings (SSSR count). The van der Waals surface area contributed by atoms with Crippen molar-refractivity contribution in [3.05, 3.63) is 81.7 Å². The normalized spacial score (nSPS) is 14.2. The third-order valence-corrected chi connectivity index (χ3v) is 5.49. The Morgan fingerprint density at radius 3 is 2.76 bits per heavy atom. The lowest BCUT2D eigenvalue weighted by molar-refractivity contribution is -0.141. The van der Waals surface area contributed by atoms with E-state index in [1.165, 1.54) is 16.7 Å². The summed E-state index contributed by atoms with van der Waals surface area (Å²) >= 11 is 0. The molecule has 1 N–H and O–H groups in total. The van der Waals surface area contributed by atoms with E-state index in [2.05, 4.69) is 15.5 Å². The largest absolute Gasteiger partial charge is 0.487 e. The number of ether oxygens (including phenoxy) is 1. The van der Waals surface area contributed by atoms with Gasteiger partial charge in [0.05, 0.1) is 5.69 Å². The average molecular weight is 456 g/mol. The predicted molar refractivity (Wildman–Crippen MR) is 113 cm³/mol. The smallest absolute Gasteiger partial charge is 0.435 e. The molecule has 170 valence electrons. The van der Waals surface area contributed by atoms with Crippen LogP contribution in [0.25, 0.3) is 16.7 Å². The van der Waals surface area contributed by atoms with Gasteiger partial charge >= 0.3 is 6.18 Å². The van der Waals surface area contributed by atoms with Crippen molar-refractivity contribution >= 4 is 11.0 Å². The zero-order chi connectivity index (χ0) is 23.0. The lowest BCUT2D eigenvalue weighted by atomic mass is 10.1. The van der Waals surface area contributed by atoms with Gasteiger partial charge in [-0.3, -0.25) is 9.36 Å². The Hall–Kier alpha value is -3.66. The van der Waals surface area contributed by atoms with Gasteiger partial charge < -0.3 is 14.5 Å². The van der Waals surface area contributed by atoms with Crippen molar-refractivity contribution in [3.63, 3.8) is 0 Å². The summed E-state index contributed by atoms with van der Waals surface area (Å²) in [7, 11) is 0. The fourth-order valence-electron chi connectivity index (χ4n) is 3.83. The van der Waals surface area contributed by atoms with Crippen LogP contribution in [0.5, 0.6) is 5.75 Å². The molecule has 0 unspecified atom stereocenters. The van der Waals surface area contributed by atoms with Gasteiger partial charge in [-0.2, -0.15) is 18.3 Å². The molecule has 4 aromatic rings. The molecule has 0 fully saturated rings. The number of nitrogens with one attached hydrogen (secondary N) is 1. The van der Waals surface area contributed by atoms with Crippen molar-refractivity contribution in [1.29, 1.82) is 0 Å². The number of halogens is 3. The molecule has 0 amide bonds. The first kappa shape index (κ1) is 21.2. The molecule has 0 saturated heterocycles. The zero-order valence-electron chi connectivity index (χ0n) is 17.4. The molecule has 4 heterocycles. The van der Waals surface area contributed by atoms with E-state index in [0.29, 0.717) is 5.69 Å². The molecule has 33 heavy (non-hydrogen) atoms. The fraction of sp³-hybridized carbons (Fsp3) is 0.261. The number of fused-ring (bicyclic) bond motifs is 3. The molecule has 0 spiro atoms. The predicted octanol–water partition coefficient (Wildman–Crippen LogP) is 4.01. The number of pyridine rings is 1. The quantitative estimate of drug-likeness (QED) is 0.500. The number of hydrogen-bond acceptors (Lipinski definition) is 6. The minimum atomic E-state index is -4.55. The molecule has 0 atom stereocenters. The van der Waals surface area contributed by atoms with Gasteiger partial charge in [-0.05, 0) is 43.3 Å². The minimum Gasteiger partial charge on any atom is -0.487 e. The molecule has 1 aromatic carbocycles. The topological polar surface area (TPSA) is 82.2 Å². The maximum Gasteiger partial charge on any atom is 0.435 e. The molecular formula is C23H19F3N4O3. The van der Waals surface area contributed by atoms with Crippen LogP contribution in [0.15, 0.2) is 57.9 Å². The number of benzene rings is 1. The Bertz CT molecular complexity index is 1360. The van der Waals surface area contributed by atoms with Gasteiger partial charge in [0.25, 0.3) is 5.56 Å². The van der Waals surface area contributed by atoms with Crippen molar-refractivity contribution in [2.45, 2.75) is 32.2 Å².